The van der Waals surface area contributed by atoms with Crippen molar-refractivity contribution in [2.45, 2.75) is 0 Å². The van der Waals surface area contributed by atoms with Crippen LogP contribution >= 0.6 is 0 Å². The minimum atomic E-state index is -0.467. The molecule has 9 heteroatoms. The van der Waals surface area contributed by atoms with Gasteiger partial charge in [-0.3, -0.25) is 4.79 Å². The highest BCUT2D eigenvalue weighted by Crippen LogP contribution is 2.40. The van der Waals surface area contributed by atoms with Crippen LogP contribution in [0.2, 0.25) is 0 Å². The fraction of sp³-hybridized carbons (Fsp3) is 0.304. The zero-order valence-electron chi connectivity index (χ0n) is 18.0. The molecule has 9 nitrogen and oxygen atoms in total. The summed E-state index contributed by atoms with van der Waals surface area (Å²) in [5, 5.41) is 0. The maximum absolute atomic E-state index is 12.8. The second kappa shape index (κ2) is 9.19. The molecule has 32 heavy (non-hydrogen) atoms. The maximum atomic E-state index is 12.8. The second-order valence-corrected chi connectivity index (χ2v) is 7.02. The van der Waals surface area contributed by atoms with E-state index in [1.165, 1.54) is 27.4 Å². The van der Waals surface area contributed by atoms with Crippen molar-refractivity contribution in [1.29, 1.82) is 0 Å². The summed E-state index contributed by atoms with van der Waals surface area (Å²) in [4.78, 5) is 26.7. The van der Waals surface area contributed by atoms with Crippen LogP contribution in [-0.4, -0.2) is 64.4 Å². The van der Waals surface area contributed by atoms with Crippen molar-refractivity contribution in [3.63, 3.8) is 0 Å². The van der Waals surface area contributed by atoms with E-state index in [-0.39, 0.29) is 11.5 Å². The molecule has 2 aliphatic rings. The number of nitrogens with zero attached hydrogens (tertiary/aromatic N) is 1. The number of Topliss-reactive ketones (excluding diaryl/α,β-unsaturated/α-hetero) is 1. The summed E-state index contributed by atoms with van der Waals surface area (Å²) in [5.74, 6) is 1.83. The van der Waals surface area contributed by atoms with Crippen molar-refractivity contribution < 1.29 is 38.0 Å². The Hall–Kier alpha value is -3.72. The summed E-state index contributed by atoms with van der Waals surface area (Å²) in [5.41, 5.74) is 1.02. The first-order chi connectivity index (χ1) is 15.5. The van der Waals surface area contributed by atoms with E-state index >= 15 is 0 Å². The Morgan fingerprint density at radius 3 is 2.31 bits per heavy atom. The molecule has 2 heterocycles. The van der Waals surface area contributed by atoms with Gasteiger partial charge in [0.2, 0.25) is 11.5 Å². The second-order valence-electron chi connectivity index (χ2n) is 7.02. The van der Waals surface area contributed by atoms with E-state index in [9.17, 15) is 9.59 Å². The monoisotopic (exact) mass is 441 g/mol. The number of carbonyl (C=O) groups excluding carboxylic acids is 2. The van der Waals surface area contributed by atoms with Gasteiger partial charge in [0.15, 0.2) is 17.3 Å². The molecule has 0 radical (unpaired) electrons. The highest BCUT2D eigenvalue weighted by Gasteiger charge is 2.29. The number of allylic oxidation sites excluding steroid dienone is 1. The molecular weight excluding hydrogens is 418 g/mol. The molecule has 0 spiro atoms. The van der Waals surface area contributed by atoms with Gasteiger partial charge in [-0.1, -0.05) is 0 Å². The summed E-state index contributed by atoms with van der Waals surface area (Å²) >= 11 is 0. The fourth-order valence-corrected chi connectivity index (χ4v) is 3.48. The molecule has 2 aliphatic heterocycles. The largest absolute Gasteiger partial charge is 0.493 e. The first kappa shape index (κ1) is 21.5. The summed E-state index contributed by atoms with van der Waals surface area (Å²) in [6.07, 6.45) is 1.12. The van der Waals surface area contributed by atoms with E-state index in [1.807, 2.05) is 0 Å². The number of benzene rings is 2. The smallest absolute Gasteiger partial charge is 0.415 e. The molecule has 168 valence electrons. The lowest BCUT2D eigenvalue weighted by atomic mass is 10.1. The van der Waals surface area contributed by atoms with E-state index in [0.29, 0.717) is 66.2 Å². The molecule has 1 fully saturated rings. The SMILES string of the molecule is COc1cc(/C=C2\Oc3cc(OC(=O)N4CCOCC4)ccc3C2=O)cc(OC)c1OC. The van der Waals surface area contributed by atoms with Crippen LogP contribution in [0.5, 0.6) is 28.7 Å². The van der Waals surface area contributed by atoms with E-state index in [4.69, 9.17) is 28.4 Å². The average molecular weight is 441 g/mol. The Kier molecular flexibility index (Phi) is 6.18. The Balaban J connectivity index is 1.55. The predicted molar refractivity (Wildman–Crippen MR) is 114 cm³/mol. The van der Waals surface area contributed by atoms with Gasteiger partial charge in [0.1, 0.15) is 11.5 Å². The van der Waals surface area contributed by atoms with E-state index in [1.54, 1.807) is 35.2 Å². The molecule has 0 aliphatic carbocycles. The fourth-order valence-electron chi connectivity index (χ4n) is 3.48. The lowest BCUT2D eigenvalue weighted by Crippen LogP contribution is -2.42. The number of methoxy groups -OCH3 is 3. The van der Waals surface area contributed by atoms with Crippen molar-refractivity contribution in [3.8, 4) is 28.7 Å². The van der Waals surface area contributed by atoms with Crippen molar-refractivity contribution in [1.82, 2.24) is 4.90 Å². The molecule has 0 bridgehead atoms. The van der Waals surface area contributed by atoms with Gasteiger partial charge < -0.3 is 33.3 Å². The molecule has 0 atom stereocenters. The number of hydrogen-bond acceptors (Lipinski definition) is 8. The van der Waals surface area contributed by atoms with Crippen LogP contribution in [0.25, 0.3) is 6.08 Å². The molecule has 2 aromatic rings. The average Bonchev–Trinajstić information content (AvgIpc) is 3.13. The van der Waals surface area contributed by atoms with Gasteiger partial charge in [0.05, 0.1) is 40.1 Å². The van der Waals surface area contributed by atoms with Gasteiger partial charge in [0.25, 0.3) is 0 Å². The van der Waals surface area contributed by atoms with Crippen LogP contribution in [0.3, 0.4) is 0 Å². The zero-order valence-corrected chi connectivity index (χ0v) is 18.0. The highest BCUT2D eigenvalue weighted by atomic mass is 16.6. The van der Waals surface area contributed by atoms with Gasteiger partial charge in [-0.15, -0.1) is 0 Å². The van der Waals surface area contributed by atoms with Crippen LogP contribution in [0.15, 0.2) is 36.1 Å². The van der Waals surface area contributed by atoms with Gasteiger partial charge >= 0.3 is 6.09 Å². The molecule has 0 saturated carbocycles. The molecule has 1 saturated heterocycles. The number of ketones is 1. The predicted octanol–water partition coefficient (Wildman–Crippen LogP) is 3.16. The summed E-state index contributed by atoms with van der Waals surface area (Å²) in [7, 11) is 4.55. The van der Waals surface area contributed by atoms with Crippen LogP contribution in [0, 0.1) is 0 Å². The highest BCUT2D eigenvalue weighted by molar-refractivity contribution is 6.14. The molecular formula is C23H23NO8. The minimum absolute atomic E-state index is 0.130. The zero-order chi connectivity index (χ0) is 22.7. The Bertz CT molecular complexity index is 1050. The first-order valence-corrected chi connectivity index (χ1v) is 9.97. The number of fused-ring (bicyclic) bond motifs is 1. The van der Waals surface area contributed by atoms with Crippen molar-refractivity contribution >= 4 is 18.0 Å². The quantitative estimate of drug-likeness (QED) is 0.654. The van der Waals surface area contributed by atoms with Crippen molar-refractivity contribution in [2.75, 3.05) is 47.6 Å². The third kappa shape index (κ3) is 4.19. The van der Waals surface area contributed by atoms with Crippen LogP contribution in [-0.2, 0) is 4.74 Å². The molecule has 0 unspecified atom stereocenters. The Morgan fingerprint density at radius 2 is 1.69 bits per heavy atom. The molecule has 2 aromatic carbocycles. The van der Waals surface area contributed by atoms with E-state index in [2.05, 4.69) is 0 Å². The molecule has 4 rings (SSSR count). The van der Waals surface area contributed by atoms with Gasteiger partial charge in [-0.2, -0.15) is 0 Å². The first-order valence-electron chi connectivity index (χ1n) is 9.97. The van der Waals surface area contributed by atoms with Crippen molar-refractivity contribution in [3.05, 3.63) is 47.2 Å². The lowest BCUT2D eigenvalue weighted by Gasteiger charge is -2.25. The van der Waals surface area contributed by atoms with E-state index < -0.39 is 6.09 Å². The van der Waals surface area contributed by atoms with Gasteiger partial charge in [-0.05, 0) is 35.9 Å². The van der Waals surface area contributed by atoms with Crippen LogP contribution in [0.1, 0.15) is 15.9 Å². The third-order valence-corrected chi connectivity index (χ3v) is 5.10. The standard InChI is InChI=1S/C23H23NO8/c1-27-19-11-14(12-20(28-2)22(19)29-3)10-18-21(25)16-5-4-15(13-17(16)32-18)31-23(26)24-6-8-30-9-7-24/h4-5,10-13H,6-9H2,1-3H3/b18-10-. The number of morpholine rings is 1. The number of hydrogen-bond donors (Lipinski definition) is 0. The van der Waals surface area contributed by atoms with Gasteiger partial charge in [-0.25, -0.2) is 4.79 Å². The lowest BCUT2D eigenvalue weighted by molar-refractivity contribution is 0.0416. The summed E-state index contributed by atoms with van der Waals surface area (Å²) < 4.78 is 32.5. The topological polar surface area (TPSA) is 92.8 Å². The molecule has 1 amide bonds. The van der Waals surface area contributed by atoms with Crippen LogP contribution in [0.4, 0.5) is 4.79 Å². The third-order valence-electron chi connectivity index (χ3n) is 5.10. The minimum Gasteiger partial charge on any atom is -0.493 e. The molecule has 0 aromatic heterocycles. The number of amides is 1. The summed E-state index contributed by atoms with van der Waals surface area (Å²) in [6, 6.07) is 8.10. The van der Waals surface area contributed by atoms with Crippen molar-refractivity contribution in [2.24, 2.45) is 0 Å². The van der Waals surface area contributed by atoms with Gasteiger partial charge in [0, 0.05) is 19.2 Å². The Morgan fingerprint density at radius 1 is 1.00 bits per heavy atom. The van der Waals surface area contributed by atoms with E-state index in [0.717, 1.165) is 0 Å². The van der Waals surface area contributed by atoms with Crippen LogP contribution < -0.4 is 23.7 Å². The maximum Gasteiger partial charge on any atom is 0.415 e. The Labute approximate surface area is 185 Å². The summed E-state index contributed by atoms with van der Waals surface area (Å²) in [6.45, 7) is 1.90. The number of rotatable bonds is 5. The molecule has 0 N–H and O–H groups in total. The normalized spacial score (nSPS) is 16.4. The number of ether oxygens (including phenoxy) is 6. The number of carbonyl (C=O) groups is 2.